The number of nitrogens with two attached hydrogens (primary N) is 1. The lowest BCUT2D eigenvalue weighted by molar-refractivity contribution is 0.0525. The number of hydrogen-bond donors (Lipinski definition) is 2. The highest BCUT2D eigenvalue weighted by atomic mass is 16.4. The van der Waals surface area contributed by atoms with Crippen LogP contribution in [0.25, 0.3) is 0 Å². The number of hydrogen-bond acceptors (Lipinski definition) is 4. The van der Waals surface area contributed by atoms with Crippen molar-refractivity contribution < 1.29 is 9.90 Å². The van der Waals surface area contributed by atoms with Crippen LogP contribution in [0.5, 0.6) is 0 Å². The second kappa shape index (κ2) is 5.26. The van der Waals surface area contributed by atoms with E-state index in [4.69, 9.17) is 5.73 Å². The molecule has 0 aromatic carbocycles. The van der Waals surface area contributed by atoms with Gasteiger partial charge in [0.25, 0.3) is 0 Å². The number of likely N-dealkylation sites (tertiary alicyclic amines) is 1. The fourth-order valence-electron chi connectivity index (χ4n) is 2.88. The van der Waals surface area contributed by atoms with Crippen molar-refractivity contribution in [2.45, 2.75) is 45.6 Å². The average Bonchev–Trinajstić information content (AvgIpc) is 2.38. The standard InChI is InChI=1S/C14H22N4O2/c1-14(2,3)11-6-9(4-5-18(11)13(19)20)10-7-16-12(15)17-8-10/h7-9,11H,4-6H2,1-3H3,(H,19,20)(H2,15,16,17). The SMILES string of the molecule is CC(C)(C)C1CC(c2cnc(N)nc2)CCN1C(=O)O. The second-order valence-corrected chi connectivity index (χ2v) is 6.45. The van der Waals surface area contributed by atoms with Crippen LogP contribution in [0.1, 0.15) is 45.1 Å². The Labute approximate surface area is 119 Å². The molecule has 0 aliphatic carbocycles. The molecule has 1 saturated heterocycles. The summed E-state index contributed by atoms with van der Waals surface area (Å²) in [5.41, 5.74) is 6.46. The Balaban J connectivity index is 2.20. The first-order valence-electron chi connectivity index (χ1n) is 6.86. The Kier molecular flexibility index (Phi) is 3.83. The van der Waals surface area contributed by atoms with Crippen molar-refractivity contribution in [3.8, 4) is 0 Å². The van der Waals surface area contributed by atoms with Gasteiger partial charge >= 0.3 is 6.09 Å². The average molecular weight is 278 g/mol. The van der Waals surface area contributed by atoms with Crippen molar-refractivity contribution >= 4 is 12.0 Å². The number of carbonyl (C=O) groups is 1. The molecule has 1 aliphatic heterocycles. The first-order valence-corrected chi connectivity index (χ1v) is 6.86. The van der Waals surface area contributed by atoms with Gasteiger partial charge in [-0.3, -0.25) is 0 Å². The third-order valence-electron chi connectivity index (χ3n) is 4.01. The quantitative estimate of drug-likeness (QED) is 0.822. The Hall–Kier alpha value is -1.85. The molecule has 2 atom stereocenters. The minimum Gasteiger partial charge on any atom is -0.465 e. The van der Waals surface area contributed by atoms with E-state index in [1.807, 2.05) is 0 Å². The maximum absolute atomic E-state index is 11.4. The van der Waals surface area contributed by atoms with Crippen molar-refractivity contribution in [3.05, 3.63) is 18.0 Å². The number of carboxylic acid groups (broad SMARTS) is 1. The van der Waals surface area contributed by atoms with Gasteiger partial charge in [-0.15, -0.1) is 0 Å². The molecule has 6 nitrogen and oxygen atoms in total. The number of rotatable bonds is 1. The molecule has 2 heterocycles. The van der Waals surface area contributed by atoms with Gasteiger partial charge in [0.1, 0.15) is 0 Å². The summed E-state index contributed by atoms with van der Waals surface area (Å²) < 4.78 is 0. The predicted molar refractivity (Wildman–Crippen MR) is 76.4 cm³/mol. The lowest BCUT2D eigenvalue weighted by Gasteiger charge is -2.44. The van der Waals surface area contributed by atoms with Crippen LogP contribution in [0, 0.1) is 5.41 Å². The fourth-order valence-corrected chi connectivity index (χ4v) is 2.88. The second-order valence-electron chi connectivity index (χ2n) is 6.45. The minimum absolute atomic E-state index is 0.00342. The zero-order valence-corrected chi connectivity index (χ0v) is 12.2. The Morgan fingerprint density at radius 1 is 1.40 bits per heavy atom. The highest BCUT2D eigenvalue weighted by molar-refractivity contribution is 5.65. The summed E-state index contributed by atoms with van der Waals surface area (Å²) in [4.78, 5) is 21.0. The van der Waals surface area contributed by atoms with E-state index in [1.165, 1.54) is 0 Å². The maximum Gasteiger partial charge on any atom is 0.407 e. The van der Waals surface area contributed by atoms with Gasteiger partial charge in [0.2, 0.25) is 5.95 Å². The molecule has 2 rings (SSSR count). The number of piperidine rings is 1. The lowest BCUT2D eigenvalue weighted by Crippen LogP contribution is -2.51. The van der Waals surface area contributed by atoms with Gasteiger partial charge in [-0.05, 0) is 29.7 Å². The molecule has 0 radical (unpaired) electrons. The van der Waals surface area contributed by atoms with Crippen LogP contribution >= 0.6 is 0 Å². The predicted octanol–water partition coefficient (Wildman–Crippen LogP) is 2.33. The minimum atomic E-state index is -0.836. The van der Waals surface area contributed by atoms with Gasteiger partial charge in [0, 0.05) is 25.0 Å². The topological polar surface area (TPSA) is 92.3 Å². The lowest BCUT2D eigenvalue weighted by atomic mass is 9.75. The molecule has 1 amide bonds. The van der Waals surface area contributed by atoms with Gasteiger partial charge in [-0.1, -0.05) is 20.8 Å². The highest BCUT2D eigenvalue weighted by Gasteiger charge is 2.39. The van der Waals surface area contributed by atoms with Gasteiger partial charge in [-0.2, -0.15) is 0 Å². The fraction of sp³-hybridized carbons (Fsp3) is 0.643. The van der Waals surface area contributed by atoms with E-state index in [0.717, 1.165) is 18.4 Å². The summed E-state index contributed by atoms with van der Waals surface area (Å²) in [5, 5.41) is 9.35. The third kappa shape index (κ3) is 3.00. The number of amides is 1. The molecule has 20 heavy (non-hydrogen) atoms. The van der Waals surface area contributed by atoms with Crippen LogP contribution in [0.2, 0.25) is 0 Å². The van der Waals surface area contributed by atoms with Crippen molar-refractivity contribution in [1.82, 2.24) is 14.9 Å². The third-order valence-corrected chi connectivity index (χ3v) is 4.01. The Morgan fingerprint density at radius 3 is 2.50 bits per heavy atom. The zero-order chi connectivity index (χ0) is 14.9. The molecule has 1 aliphatic rings. The smallest absolute Gasteiger partial charge is 0.407 e. The summed E-state index contributed by atoms with van der Waals surface area (Å²) in [6.45, 7) is 6.78. The summed E-state index contributed by atoms with van der Waals surface area (Å²) in [6.07, 6.45) is 4.26. The monoisotopic (exact) mass is 278 g/mol. The summed E-state index contributed by atoms with van der Waals surface area (Å²) in [5.74, 6) is 0.555. The van der Waals surface area contributed by atoms with Crippen molar-refractivity contribution in [2.24, 2.45) is 5.41 Å². The molecule has 6 heteroatoms. The first-order chi connectivity index (χ1) is 9.29. The highest BCUT2D eigenvalue weighted by Crippen LogP contribution is 2.38. The van der Waals surface area contributed by atoms with Crippen LogP contribution in [0.4, 0.5) is 10.7 Å². The van der Waals surface area contributed by atoms with Gasteiger partial charge in [0.15, 0.2) is 0 Å². The molecule has 3 N–H and O–H groups in total. The molecule has 110 valence electrons. The molecule has 0 bridgehead atoms. The van der Waals surface area contributed by atoms with E-state index in [9.17, 15) is 9.90 Å². The largest absolute Gasteiger partial charge is 0.465 e. The molecular formula is C14H22N4O2. The van der Waals surface area contributed by atoms with Crippen LogP contribution < -0.4 is 5.73 Å². The normalized spacial score (nSPS) is 23.6. The molecule has 2 unspecified atom stereocenters. The number of anilines is 1. The first kappa shape index (κ1) is 14.6. The summed E-state index contributed by atoms with van der Waals surface area (Å²) in [7, 11) is 0. The molecular weight excluding hydrogens is 256 g/mol. The van der Waals surface area contributed by atoms with E-state index in [-0.39, 0.29) is 23.3 Å². The van der Waals surface area contributed by atoms with Crippen molar-refractivity contribution in [1.29, 1.82) is 0 Å². The van der Waals surface area contributed by atoms with E-state index in [2.05, 4.69) is 30.7 Å². The number of nitrogen functional groups attached to an aromatic ring is 1. The molecule has 1 aromatic heterocycles. The van der Waals surface area contributed by atoms with Crippen molar-refractivity contribution in [3.63, 3.8) is 0 Å². The van der Waals surface area contributed by atoms with Crippen LogP contribution in [-0.4, -0.2) is 38.7 Å². The van der Waals surface area contributed by atoms with Gasteiger partial charge in [-0.25, -0.2) is 14.8 Å². The van der Waals surface area contributed by atoms with E-state index >= 15 is 0 Å². The Morgan fingerprint density at radius 2 is 2.00 bits per heavy atom. The van der Waals surface area contributed by atoms with Crippen LogP contribution in [0.15, 0.2) is 12.4 Å². The molecule has 1 fully saturated rings. The summed E-state index contributed by atoms with van der Waals surface area (Å²) in [6, 6.07) is -0.00342. The zero-order valence-electron chi connectivity index (χ0n) is 12.2. The van der Waals surface area contributed by atoms with Gasteiger partial charge in [0.05, 0.1) is 0 Å². The molecule has 1 aromatic rings. The van der Waals surface area contributed by atoms with E-state index in [1.54, 1.807) is 17.3 Å². The Bertz CT molecular complexity index is 481. The maximum atomic E-state index is 11.4. The number of nitrogens with zero attached hydrogens (tertiary/aromatic N) is 3. The molecule has 0 saturated carbocycles. The van der Waals surface area contributed by atoms with Crippen molar-refractivity contribution in [2.75, 3.05) is 12.3 Å². The van der Waals surface area contributed by atoms with Crippen LogP contribution in [-0.2, 0) is 0 Å². The summed E-state index contributed by atoms with van der Waals surface area (Å²) >= 11 is 0. The van der Waals surface area contributed by atoms with E-state index in [0.29, 0.717) is 6.54 Å². The van der Waals surface area contributed by atoms with E-state index < -0.39 is 6.09 Å². The van der Waals surface area contributed by atoms with Crippen LogP contribution in [0.3, 0.4) is 0 Å². The molecule has 0 spiro atoms. The number of aromatic nitrogens is 2. The van der Waals surface area contributed by atoms with Gasteiger partial charge < -0.3 is 15.7 Å².